The average molecular weight is 293 g/mol. The van der Waals surface area contributed by atoms with Gasteiger partial charge in [-0.2, -0.15) is 0 Å². The zero-order valence-electron chi connectivity index (χ0n) is 10.2. The van der Waals surface area contributed by atoms with E-state index in [1.165, 1.54) is 7.11 Å². The van der Waals surface area contributed by atoms with Gasteiger partial charge < -0.3 is 4.74 Å². The normalized spacial score (nSPS) is 11.0. The number of carbonyl (C=O) groups excluding carboxylic acids is 1. The Bertz CT molecular complexity index is 700. The molecule has 19 heavy (non-hydrogen) atoms. The molecule has 3 aromatic rings. The molecule has 0 bridgehead atoms. The smallest absolute Gasteiger partial charge is 0.305 e. The fourth-order valence-electron chi connectivity index (χ4n) is 1.79. The number of thiazole rings is 2. The van der Waals surface area contributed by atoms with Crippen molar-refractivity contribution in [1.29, 1.82) is 0 Å². The van der Waals surface area contributed by atoms with Crippen molar-refractivity contribution in [1.82, 2.24) is 14.4 Å². The lowest BCUT2D eigenvalue weighted by Gasteiger charge is -1.98. The maximum atomic E-state index is 11.2. The minimum absolute atomic E-state index is 0.195. The third kappa shape index (κ3) is 2.39. The number of methoxy groups -OCH3 is 1. The molecule has 0 fully saturated rings. The van der Waals surface area contributed by atoms with Gasteiger partial charge in [0.25, 0.3) is 0 Å². The van der Waals surface area contributed by atoms with E-state index < -0.39 is 0 Å². The molecule has 0 saturated carbocycles. The highest BCUT2D eigenvalue weighted by atomic mass is 32.1. The zero-order chi connectivity index (χ0) is 13.2. The summed E-state index contributed by atoms with van der Waals surface area (Å²) in [5.74, 6) is -0.195. The molecule has 0 aliphatic carbocycles. The second-order valence-corrected chi connectivity index (χ2v) is 5.65. The monoisotopic (exact) mass is 293 g/mol. The average Bonchev–Trinajstić information content (AvgIpc) is 3.11. The van der Waals surface area contributed by atoms with Gasteiger partial charge >= 0.3 is 5.97 Å². The molecule has 0 unspecified atom stereocenters. The van der Waals surface area contributed by atoms with Crippen molar-refractivity contribution in [3.05, 3.63) is 28.8 Å². The molecule has 0 saturated heterocycles. The van der Waals surface area contributed by atoms with E-state index in [9.17, 15) is 4.79 Å². The lowest BCUT2D eigenvalue weighted by atomic mass is 10.2. The summed E-state index contributed by atoms with van der Waals surface area (Å²) >= 11 is 3.13. The van der Waals surface area contributed by atoms with E-state index in [4.69, 9.17) is 0 Å². The number of carbonyl (C=O) groups is 1. The zero-order valence-corrected chi connectivity index (χ0v) is 11.8. The Morgan fingerprint density at radius 1 is 1.47 bits per heavy atom. The summed E-state index contributed by atoms with van der Waals surface area (Å²) in [4.78, 5) is 20.9. The second-order valence-electron chi connectivity index (χ2n) is 3.92. The highest BCUT2D eigenvalue weighted by Crippen LogP contribution is 2.25. The summed E-state index contributed by atoms with van der Waals surface area (Å²) in [6.45, 7) is 0. The molecule has 7 heteroatoms. The molecule has 3 aromatic heterocycles. The first-order chi connectivity index (χ1) is 9.28. The van der Waals surface area contributed by atoms with E-state index in [2.05, 4.69) is 14.7 Å². The third-order valence-electron chi connectivity index (χ3n) is 2.75. The van der Waals surface area contributed by atoms with Gasteiger partial charge in [0.2, 0.25) is 0 Å². The summed E-state index contributed by atoms with van der Waals surface area (Å²) in [6, 6.07) is 0. The van der Waals surface area contributed by atoms with Crippen LogP contribution in [0.2, 0.25) is 0 Å². The highest BCUT2D eigenvalue weighted by Gasteiger charge is 2.12. The van der Waals surface area contributed by atoms with Crippen LogP contribution in [0.3, 0.4) is 0 Å². The fourth-order valence-corrected chi connectivity index (χ4v) is 3.29. The predicted molar refractivity (Wildman–Crippen MR) is 74.5 cm³/mol. The summed E-state index contributed by atoms with van der Waals surface area (Å²) < 4.78 is 6.67. The highest BCUT2D eigenvalue weighted by molar-refractivity contribution is 7.15. The number of nitrogens with zero attached hydrogens (tertiary/aromatic N) is 3. The van der Waals surface area contributed by atoms with Crippen LogP contribution in [0.15, 0.2) is 23.2 Å². The molecule has 3 heterocycles. The number of imidazole rings is 1. The van der Waals surface area contributed by atoms with Gasteiger partial charge in [-0.15, -0.1) is 22.7 Å². The van der Waals surface area contributed by atoms with Crippen molar-refractivity contribution in [3.63, 3.8) is 0 Å². The first-order valence-corrected chi connectivity index (χ1v) is 7.46. The van der Waals surface area contributed by atoms with E-state index in [1.807, 2.05) is 21.4 Å². The third-order valence-corrected chi connectivity index (χ3v) is 4.43. The van der Waals surface area contributed by atoms with Crippen molar-refractivity contribution >= 4 is 33.6 Å². The van der Waals surface area contributed by atoms with Crippen molar-refractivity contribution in [3.8, 4) is 10.7 Å². The van der Waals surface area contributed by atoms with Crippen molar-refractivity contribution in [2.45, 2.75) is 12.8 Å². The molecule has 5 nitrogen and oxygen atoms in total. The summed E-state index contributed by atoms with van der Waals surface area (Å²) in [6.07, 6.45) is 4.77. The molecule has 0 aliphatic rings. The Morgan fingerprint density at radius 2 is 2.37 bits per heavy atom. The van der Waals surface area contributed by atoms with Gasteiger partial charge in [0.05, 0.1) is 13.5 Å². The lowest BCUT2D eigenvalue weighted by Crippen LogP contribution is -2.02. The molecule has 0 aromatic carbocycles. The van der Waals surface area contributed by atoms with Crippen molar-refractivity contribution < 1.29 is 9.53 Å². The number of aromatic nitrogens is 3. The summed E-state index contributed by atoms with van der Waals surface area (Å²) in [7, 11) is 1.41. The van der Waals surface area contributed by atoms with Gasteiger partial charge in [0.15, 0.2) is 4.96 Å². The number of hydrogen-bond donors (Lipinski definition) is 0. The Kier molecular flexibility index (Phi) is 3.31. The molecule has 0 N–H and O–H groups in total. The number of fused-ring (bicyclic) bond motifs is 1. The molecule has 0 atom stereocenters. The van der Waals surface area contributed by atoms with Crippen LogP contribution < -0.4 is 0 Å². The number of hydrogen-bond acceptors (Lipinski definition) is 6. The van der Waals surface area contributed by atoms with Gasteiger partial charge in [0, 0.05) is 28.8 Å². The Labute approximate surface area is 117 Å². The maximum Gasteiger partial charge on any atom is 0.305 e. The summed E-state index contributed by atoms with van der Waals surface area (Å²) in [5, 5.41) is 4.87. The van der Waals surface area contributed by atoms with E-state index in [0.29, 0.717) is 12.8 Å². The van der Waals surface area contributed by atoms with E-state index in [0.717, 1.165) is 21.4 Å². The lowest BCUT2D eigenvalue weighted by molar-refractivity contribution is -0.140. The molecule has 3 rings (SSSR count). The second kappa shape index (κ2) is 5.10. The number of aryl methyl sites for hydroxylation is 1. The van der Waals surface area contributed by atoms with Gasteiger partial charge in [-0.05, 0) is 6.42 Å². The van der Waals surface area contributed by atoms with Gasteiger partial charge in [-0.1, -0.05) is 0 Å². The largest absolute Gasteiger partial charge is 0.469 e. The molecule has 0 radical (unpaired) electrons. The number of ether oxygens (including phenoxy) is 1. The standard InChI is InChI=1S/C12H11N3O2S2/c1-17-10(16)3-2-8-7-19-12-14-9(6-15(8)12)11-13-4-5-18-11/h4-7H,2-3H2,1H3. The molecular formula is C12H11N3O2S2. The van der Waals surface area contributed by atoms with E-state index in [1.54, 1.807) is 28.9 Å². The van der Waals surface area contributed by atoms with Gasteiger partial charge in [-0.3, -0.25) is 9.20 Å². The van der Waals surface area contributed by atoms with Gasteiger partial charge in [0.1, 0.15) is 10.7 Å². The quantitative estimate of drug-likeness (QED) is 0.694. The fraction of sp³-hybridized carbons (Fsp3) is 0.250. The topological polar surface area (TPSA) is 56.5 Å². The number of esters is 1. The van der Waals surface area contributed by atoms with Crippen LogP contribution in [0.4, 0.5) is 0 Å². The van der Waals surface area contributed by atoms with Crippen LogP contribution in [0.1, 0.15) is 12.1 Å². The van der Waals surface area contributed by atoms with Crippen LogP contribution in [0, 0.1) is 0 Å². The van der Waals surface area contributed by atoms with Crippen molar-refractivity contribution in [2.75, 3.05) is 7.11 Å². The number of rotatable bonds is 4. The van der Waals surface area contributed by atoms with Crippen LogP contribution in [0.25, 0.3) is 15.7 Å². The van der Waals surface area contributed by atoms with Crippen LogP contribution in [-0.4, -0.2) is 27.4 Å². The Balaban J connectivity index is 1.88. The molecule has 0 spiro atoms. The van der Waals surface area contributed by atoms with E-state index in [-0.39, 0.29) is 5.97 Å². The summed E-state index contributed by atoms with van der Waals surface area (Å²) in [5.41, 5.74) is 1.95. The first-order valence-electron chi connectivity index (χ1n) is 5.70. The van der Waals surface area contributed by atoms with Crippen LogP contribution in [-0.2, 0) is 16.0 Å². The SMILES string of the molecule is COC(=O)CCc1csc2nc(-c3nccs3)cn12. The minimum Gasteiger partial charge on any atom is -0.469 e. The van der Waals surface area contributed by atoms with Crippen LogP contribution >= 0.6 is 22.7 Å². The van der Waals surface area contributed by atoms with Gasteiger partial charge in [-0.25, -0.2) is 9.97 Å². The van der Waals surface area contributed by atoms with Crippen LogP contribution in [0.5, 0.6) is 0 Å². The van der Waals surface area contributed by atoms with E-state index >= 15 is 0 Å². The van der Waals surface area contributed by atoms with Crippen molar-refractivity contribution in [2.24, 2.45) is 0 Å². The predicted octanol–water partition coefficient (Wildman–Crippen LogP) is 2.62. The molecule has 98 valence electrons. The Hall–Kier alpha value is -1.73. The Morgan fingerprint density at radius 3 is 3.11 bits per heavy atom. The maximum absolute atomic E-state index is 11.2. The molecular weight excluding hydrogens is 282 g/mol. The first kappa shape index (κ1) is 12.3. The molecule has 0 aliphatic heterocycles. The minimum atomic E-state index is -0.195. The molecule has 0 amide bonds.